The zero-order chi connectivity index (χ0) is 19.1. The fourth-order valence-electron chi connectivity index (χ4n) is 3.54. The molecule has 1 saturated heterocycles. The predicted molar refractivity (Wildman–Crippen MR) is 110 cm³/mol. The first-order chi connectivity index (χ1) is 13.1. The van der Waals surface area contributed by atoms with Gasteiger partial charge in [-0.3, -0.25) is 4.79 Å². The van der Waals surface area contributed by atoms with Crippen LogP contribution >= 0.6 is 23.4 Å². The van der Waals surface area contributed by atoms with Crippen LogP contribution in [0.5, 0.6) is 0 Å². The maximum absolute atomic E-state index is 12.5. The lowest BCUT2D eigenvalue weighted by molar-refractivity contribution is -0.940. The smallest absolute Gasteiger partial charge is 0.230 e. The lowest BCUT2D eigenvalue weighted by Gasteiger charge is -2.35. The van der Waals surface area contributed by atoms with Crippen molar-refractivity contribution >= 4 is 29.3 Å². The Labute approximate surface area is 170 Å². The molecule has 0 spiro atoms. The largest absolute Gasteiger partial charge is 0.370 e. The van der Waals surface area contributed by atoms with E-state index < -0.39 is 0 Å². The van der Waals surface area contributed by atoms with Crippen molar-refractivity contribution in [1.29, 1.82) is 0 Å². The van der Waals surface area contributed by atoms with Crippen molar-refractivity contribution in [3.8, 4) is 0 Å². The number of hydrogen-bond acceptors (Lipinski definition) is 3. The van der Waals surface area contributed by atoms with Crippen molar-refractivity contribution in [2.75, 3.05) is 32.1 Å². The van der Waals surface area contributed by atoms with Gasteiger partial charge < -0.3 is 15.0 Å². The zero-order valence-electron chi connectivity index (χ0n) is 15.5. The Balaban J connectivity index is 1.61. The van der Waals surface area contributed by atoms with E-state index in [0.29, 0.717) is 10.8 Å². The van der Waals surface area contributed by atoms with E-state index in [4.69, 9.17) is 16.3 Å². The highest BCUT2D eigenvalue weighted by molar-refractivity contribution is 8.00. The van der Waals surface area contributed by atoms with E-state index in [2.05, 4.69) is 36.5 Å². The molecule has 27 heavy (non-hydrogen) atoms. The first-order valence-corrected chi connectivity index (χ1v) is 10.6. The maximum atomic E-state index is 12.5. The fraction of sp³-hybridized carbons (Fsp3) is 0.381. The highest BCUT2D eigenvalue weighted by Crippen LogP contribution is 2.20. The second-order valence-corrected chi connectivity index (χ2v) is 8.24. The van der Waals surface area contributed by atoms with Crippen LogP contribution in [0.4, 0.5) is 0 Å². The number of benzene rings is 2. The quantitative estimate of drug-likeness (QED) is 0.696. The Bertz CT molecular complexity index is 721. The summed E-state index contributed by atoms with van der Waals surface area (Å²) in [7, 11) is 0. The molecule has 2 N–H and O–H groups in total. The monoisotopic (exact) mass is 405 g/mol. The number of morpholine rings is 1. The SMILES string of the molecule is C[C@H](NC(=O)CSc1ccc(Cl)cc1)[C@@H](c1ccccc1)[NH+]1CCOCC1. The van der Waals surface area contributed by atoms with E-state index in [0.717, 1.165) is 31.2 Å². The summed E-state index contributed by atoms with van der Waals surface area (Å²) in [6.45, 7) is 5.56. The molecule has 2 aromatic rings. The van der Waals surface area contributed by atoms with Crippen molar-refractivity contribution in [3.63, 3.8) is 0 Å². The molecule has 0 bridgehead atoms. The van der Waals surface area contributed by atoms with Gasteiger partial charge in [-0.1, -0.05) is 41.9 Å². The molecule has 144 valence electrons. The molecule has 0 radical (unpaired) electrons. The molecule has 1 amide bonds. The van der Waals surface area contributed by atoms with Crippen LogP contribution in [0.2, 0.25) is 5.02 Å². The number of quaternary nitrogens is 1. The number of hydrogen-bond donors (Lipinski definition) is 2. The molecule has 1 aliphatic rings. The van der Waals surface area contributed by atoms with Crippen LogP contribution in [-0.2, 0) is 9.53 Å². The number of amides is 1. The molecule has 1 heterocycles. The van der Waals surface area contributed by atoms with E-state index >= 15 is 0 Å². The second-order valence-electron chi connectivity index (χ2n) is 6.76. The highest BCUT2D eigenvalue weighted by atomic mass is 35.5. The first kappa shape index (κ1) is 20.2. The Morgan fingerprint density at radius 1 is 1.15 bits per heavy atom. The van der Waals surface area contributed by atoms with Crippen LogP contribution in [0.15, 0.2) is 59.5 Å². The number of ether oxygens (including phenoxy) is 1. The third-order valence-electron chi connectivity index (χ3n) is 4.81. The summed E-state index contributed by atoms with van der Waals surface area (Å²) in [6, 6.07) is 18.3. The minimum atomic E-state index is 0.0406. The predicted octanol–water partition coefficient (Wildman–Crippen LogP) is 2.59. The molecule has 2 aromatic carbocycles. The highest BCUT2D eigenvalue weighted by Gasteiger charge is 2.32. The number of halogens is 1. The second kappa shape index (κ2) is 10.1. The van der Waals surface area contributed by atoms with Gasteiger partial charge in [-0.25, -0.2) is 0 Å². The van der Waals surface area contributed by atoms with Crippen LogP contribution < -0.4 is 10.2 Å². The van der Waals surface area contributed by atoms with Crippen LogP contribution in [-0.4, -0.2) is 44.0 Å². The van der Waals surface area contributed by atoms with Gasteiger partial charge in [0.05, 0.1) is 25.0 Å². The average Bonchev–Trinajstić information content (AvgIpc) is 2.69. The number of thioether (sulfide) groups is 1. The fourth-order valence-corrected chi connectivity index (χ4v) is 4.38. The number of nitrogens with one attached hydrogen (secondary N) is 2. The molecule has 2 atom stereocenters. The lowest BCUT2D eigenvalue weighted by atomic mass is 9.98. The summed E-state index contributed by atoms with van der Waals surface area (Å²) in [6.07, 6.45) is 0. The van der Waals surface area contributed by atoms with E-state index in [1.165, 1.54) is 22.2 Å². The standard InChI is InChI=1S/C21H25ClN2O2S/c1-16(23-20(25)15-27-19-9-7-18(22)8-10-19)21(17-5-3-2-4-6-17)24-11-13-26-14-12-24/h2-10,16,21H,11-15H2,1H3,(H,23,25)/p+1/t16-,21-/m0/s1. The molecule has 3 rings (SSSR count). The Morgan fingerprint density at radius 2 is 1.81 bits per heavy atom. The molecule has 0 unspecified atom stereocenters. The topological polar surface area (TPSA) is 42.8 Å². The molecule has 0 aliphatic carbocycles. The molecular weight excluding hydrogens is 380 g/mol. The third kappa shape index (κ3) is 5.98. The van der Waals surface area contributed by atoms with Gasteiger partial charge in [0.15, 0.2) is 0 Å². The van der Waals surface area contributed by atoms with Gasteiger partial charge in [0.2, 0.25) is 5.91 Å². The minimum Gasteiger partial charge on any atom is -0.370 e. The van der Waals surface area contributed by atoms with Crippen LogP contribution in [0, 0.1) is 0 Å². The van der Waals surface area contributed by atoms with Gasteiger partial charge in [0.1, 0.15) is 19.1 Å². The summed E-state index contributed by atoms with van der Waals surface area (Å²) >= 11 is 7.44. The molecule has 0 saturated carbocycles. The molecule has 4 nitrogen and oxygen atoms in total. The van der Waals surface area contributed by atoms with E-state index in [-0.39, 0.29) is 18.0 Å². The first-order valence-electron chi connectivity index (χ1n) is 9.28. The van der Waals surface area contributed by atoms with Crippen molar-refractivity contribution in [2.24, 2.45) is 0 Å². The molecular formula is C21H26ClN2O2S+. The summed E-state index contributed by atoms with van der Waals surface area (Å²) in [4.78, 5) is 15.0. The molecule has 6 heteroatoms. The normalized spacial score (nSPS) is 17.3. The van der Waals surface area contributed by atoms with Crippen molar-refractivity contribution in [1.82, 2.24) is 5.32 Å². The van der Waals surface area contributed by atoms with E-state index in [1.54, 1.807) is 0 Å². The summed E-state index contributed by atoms with van der Waals surface area (Å²) in [5.41, 5.74) is 1.26. The van der Waals surface area contributed by atoms with Crippen LogP contribution in [0.25, 0.3) is 0 Å². The van der Waals surface area contributed by atoms with Gasteiger partial charge in [0.25, 0.3) is 0 Å². The van der Waals surface area contributed by atoms with Gasteiger partial charge in [-0.2, -0.15) is 0 Å². The third-order valence-corrected chi connectivity index (χ3v) is 6.07. The van der Waals surface area contributed by atoms with Crippen LogP contribution in [0.3, 0.4) is 0 Å². The summed E-state index contributed by atoms with van der Waals surface area (Å²) < 4.78 is 5.52. The van der Waals surface area contributed by atoms with E-state index in [9.17, 15) is 4.79 Å². The zero-order valence-corrected chi connectivity index (χ0v) is 17.1. The number of rotatable bonds is 7. The van der Waals surface area contributed by atoms with Gasteiger partial charge in [0, 0.05) is 15.5 Å². The van der Waals surface area contributed by atoms with Crippen molar-refractivity contribution < 1.29 is 14.4 Å². The Hall–Kier alpha value is -1.53. The lowest BCUT2D eigenvalue weighted by Crippen LogP contribution is -3.15. The van der Waals surface area contributed by atoms with E-state index in [1.807, 2.05) is 30.3 Å². The Morgan fingerprint density at radius 3 is 2.48 bits per heavy atom. The molecule has 0 aromatic heterocycles. The van der Waals surface area contributed by atoms with Gasteiger partial charge in [-0.05, 0) is 31.2 Å². The van der Waals surface area contributed by atoms with Crippen molar-refractivity contribution in [3.05, 3.63) is 65.2 Å². The van der Waals surface area contributed by atoms with Crippen molar-refractivity contribution in [2.45, 2.75) is 23.9 Å². The van der Waals surface area contributed by atoms with Gasteiger partial charge in [-0.15, -0.1) is 11.8 Å². The summed E-state index contributed by atoms with van der Waals surface area (Å²) in [5, 5.41) is 3.92. The number of carbonyl (C=O) groups is 1. The molecule has 1 fully saturated rings. The Kier molecular flexibility index (Phi) is 7.59. The summed E-state index contributed by atoms with van der Waals surface area (Å²) in [5.74, 6) is 0.447. The van der Waals surface area contributed by atoms with Gasteiger partial charge >= 0.3 is 0 Å². The number of carbonyl (C=O) groups excluding carboxylic acids is 1. The average molecular weight is 406 g/mol. The minimum absolute atomic E-state index is 0.0406. The van der Waals surface area contributed by atoms with Crippen LogP contribution in [0.1, 0.15) is 18.5 Å². The maximum Gasteiger partial charge on any atom is 0.230 e. The molecule has 1 aliphatic heterocycles.